The van der Waals surface area contributed by atoms with Crippen molar-refractivity contribution >= 4 is 27.3 Å². The fourth-order valence-corrected chi connectivity index (χ4v) is 5.65. The molecule has 0 spiro atoms. The number of hydrogen-bond donors (Lipinski definition) is 0. The van der Waals surface area contributed by atoms with Gasteiger partial charge in [-0.1, -0.05) is 13.0 Å². The zero-order valence-corrected chi connectivity index (χ0v) is 20.5. The van der Waals surface area contributed by atoms with E-state index in [2.05, 4.69) is 73.1 Å². The van der Waals surface area contributed by atoms with Crippen molar-refractivity contribution in [2.24, 2.45) is 0 Å². The van der Waals surface area contributed by atoms with E-state index >= 15 is 0 Å². The van der Waals surface area contributed by atoms with Gasteiger partial charge in [0.05, 0.1) is 17.3 Å². The SMILES string of the molecule is CCc1ccc(CN2C3CC2CN(c2ccc(-c4cc(Br)cn5ncc(C#N)c45)cn2)C3)cn1. The Hall–Kier alpha value is -3.28. The number of nitriles is 1. The van der Waals surface area contributed by atoms with E-state index in [1.807, 2.05) is 24.7 Å². The molecule has 3 aliphatic heterocycles. The predicted octanol–water partition coefficient (Wildman–Crippen LogP) is 4.45. The maximum atomic E-state index is 9.50. The summed E-state index contributed by atoms with van der Waals surface area (Å²) in [5, 5.41) is 13.8. The summed E-state index contributed by atoms with van der Waals surface area (Å²) in [5.41, 5.74) is 5.71. The van der Waals surface area contributed by atoms with E-state index in [4.69, 9.17) is 4.98 Å². The third kappa shape index (κ3) is 3.65. The van der Waals surface area contributed by atoms with Gasteiger partial charge in [0.2, 0.25) is 0 Å². The number of nitrogens with zero attached hydrogens (tertiary/aromatic N) is 7. The third-order valence-corrected chi connectivity index (χ3v) is 7.47. The summed E-state index contributed by atoms with van der Waals surface area (Å²) in [5.74, 6) is 1.01. The summed E-state index contributed by atoms with van der Waals surface area (Å²) >= 11 is 3.56. The summed E-state index contributed by atoms with van der Waals surface area (Å²) in [6, 6.07) is 13.9. The average molecular weight is 514 g/mol. The highest BCUT2D eigenvalue weighted by Gasteiger charge is 2.44. The molecule has 0 saturated carbocycles. The molecule has 2 unspecified atom stereocenters. The highest BCUT2D eigenvalue weighted by atomic mass is 79.9. The van der Waals surface area contributed by atoms with E-state index in [0.29, 0.717) is 17.6 Å². The van der Waals surface area contributed by atoms with Gasteiger partial charge < -0.3 is 4.90 Å². The van der Waals surface area contributed by atoms with Crippen molar-refractivity contribution in [1.82, 2.24) is 24.5 Å². The second-order valence-electron chi connectivity index (χ2n) is 9.07. The number of aryl methyl sites for hydroxylation is 1. The minimum absolute atomic E-state index is 0.556. The van der Waals surface area contributed by atoms with Gasteiger partial charge in [0.1, 0.15) is 11.9 Å². The topological polar surface area (TPSA) is 73.3 Å². The maximum absolute atomic E-state index is 9.50. The van der Waals surface area contributed by atoms with Crippen LogP contribution in [0.2, 0.25) is 0 Å². The lowest BCUT2D eigenvalue weighted by atomic mass is 9.87. The van der Waals surface area contributed by atoms with Gasteiger partial charge in [0.25, 0.3) is 0 Å². The predicted molar refractivity (Wildman–Crippen MR) is 134 cm³/mol. The molecule has 34 heavy (non-hydrogen) atoms. The van der Waals surface area contributed by atoms with E-state index in [9.17, 15) is 5.26 Å². The van der Waals surface area contributed by atoms with Crippen LogP contribution >= 0.6 is 15.9 Å². The van der Waals surface area contributed by atoms with Crippen LogP contribution in [0.25, 0.3) is 16.6 Å². The zero-order valence-electron chi connectivity index (χ0n) is 18.9. The Morgan fingerprint density at radius 1 is 1.09 bits per heavy atom. The van der Waals surface area contributed by atoms with Crippen LogP contribution < -0.4 is 4.90 Å². The number of hydrogen-bond acceptors (Lipinski definition) is 6. The quantitative estimate of drug-likeness (QED) is 0.392. The van der Waals surface area contributed by atoms with E-state index < -0.39 is 0 Å². The molecule has 0 amide bonds. The van der Waals surface area contributed by atoms with E-state index in [-0.39, 0.29) is 0 Å². The lowest BCUT2D eigenvalue weighted by molar-refractivity contribution is -0.00875. The Balaban J connectivity index is 1.18. The van der Waals surface area contributed by atoms with Crippen molar-refractivity contribution in [1.29, 1.82) is 5.26 Å². The molecule has 0 N–H and O–H groups in total. The molecule has 7 nitrogen and oxygen atoms in total. The summed E-state index contributed by atoms with van der Waals surface area (Å²) in [4.78, 5) is 14.4. The number of anilines is 1. The number of piperidine rings is 1. The van der Waals surface area contributed by atoms with Crippen molar-refractivity contribution in [3.8, 4) is 17.2 Å². The molecule has 8 heteroatoms. The Bertz CT molecular complexity index is 1380. The van der Waals surface area contributed by atoms with Crippen molar-refractivity contribution in [3.63, 3.8) is 0 Å². The molecule has 2 bridgehead atoms. The second kappa shape index (κ2) is 8.49. The van der Waals surface area contributed by atoms with Gasteiger partial charge in [-0.25, -0.2) is 9.50 Å². The third-order valence-electron chi connectivity index (χ3n) is 7.04. The smallest absolute Gasteiger partial charge is 0.128 e. The van der Waals surface area contributed by atoms with Gasteiger partial charge in [0.15, 0.2) is 0 Å². The highest BCUT2D eigenvalue weighted by Crippen LogP contribution is 2.36. The molecule has 3 aliphatic rings. The summed E-state index contributed by atoms with van der Waals surface area (Å²) in [6.45, 7) is 5.09. The number of fused-ring (bicyclic) bond motifs is 3. The fraction of sp³-hybridized carbons (Fsp3) is 0.308. The van der Waals surface area contributed by atoms with Crippen LogP contribution in [0.3, 0.4) is 0 Å². The molecule has 3 saturated heterocycles. The molecule has 4 aromatic rings. The number of aromatic nitrogens is 4. The summed E-state index contributed by atoms with van der Waals surface area (Å²) in [7, 11) is 0. The molecule has 7 heterocycles. The van der Waals surface area contributed by atoms with Gasteiger partial charge in [-0.15, -0.1) is 0 Å². The maximum Gasteiger partial charge on any atom is 0.128 e. The average Bonchev–Trinajstić information content (AvgIpc) is 3.30. The standard InChI is InChI=1S/C26H24BrN7/c1-2-21-5-3-17(10-29-21)13-33-22-8-23(33)16-32(15-22)25-6-4-18(11-30-25)24-7-20(27)14-34-26(24)19(9-28)12-31-34/h3-7,10-12,14,22-23H,2,8,13,15-16H2,1H3. The Morgan fingerprint density at radius 2 is 1.94 bits per heavy atom. The first-order chi connectivity index (χ1) is 16.6. The van der Waals surface area contributed by atoms with Gasteiger partial charge in [-0.2, -0.15) is 10.4 Å². The molecular weight excluding hydrogens is 490 g/mol. The van der Waals surface area contributed by atoms with E-state index in [1.165, 1.54) is 12.0 Å². The normalized spacial score (nSPS) is 19.7. The Morgan fingerprint density at radius 3 is 2.62 bits per heavy atom. The van der Waals surface area contributed by atoms with Gasteiger partial charge in [0, 0.05) is 71.6 Å². The molecule has 7 rings (SSSR count). The minimum atomic E-state index is 0.556. The molecular formula is C26H24BrN7. The van der Waals surface area contributed by atoms with Crippen molar-refractivity contribution in [3.05, 3.63) is 76.4 Å². The first-order valence-corrected chi connectivity index (χ1v) is 12.4. The number of rotatable bonds is 5. The lowest BCUT2D eigenvalue weighted by Gasteiger charge is -2.56. The van der Waals surface area contributed by atoms with E-state index in [1.54, 1.807) is 10.7 Å². The molecule has 170 valence electrons. The van der Waals surface area contributed by atoms with Crippen molar-refractivity contribution in [2.45, 2.75) is 38.4 Å². The Kier molecular flexibility index (Phi) is 5.31. The number of piperazine rings is 1. The first kappa shape index (κ1) is 21.3. The van der Waals surface area contributed by atoms with Crippen LogP contribution in [0.4, 0.5) is 5.82 Å². The first-order valence-electron chi connectivity index (χ1n) is 11.6. The largest absolute Gasteiger partial charge is 0.353 e. The fourth-order valence-electron chi connectivity index (χ4n) is 5.22. The molecule has 0 aromatic carbocycles. The van der Waals surface area contributed by atoms with Crippen LogP contribution in [0.15, 0.2) is 59.6 Å². The zero-order chi connectivity index (χ0) is 23.2. The second-order valence-corrected chi connectivity index (χ2v) is 9.99. The number of pyridine rings is 3. The van der Waals surface area contributed by atoms with E-state index in [0.717, 1.165) is 58.7 Å². The molecule has 3 fully saturated rings. The minimum Gasteiger partial charge on any atom is -0.353 e. The van der Waals surface area contributed by atoms with Gasteiger partial charge in [-0.05, 0) is 58.6 Å². The molecule has 0 radical (unpaired) electrons. The van der Waals surface area contributed by atoms with Crippen LogP contribution in [-0.2, 0) is 13.0 Å². The Labute approximate surface area is 206 Å². The van der Waals surface area contributed by atoms with Crippen LogP contribution in [0.1, 0.15) is 30.2 Å². The lowest BCUT2D eigenvalue weighted by Crippen LogP contribution is -2.68. The van der Waals surface area contributed by atoms with Gasteiger partial charge in [-0.3, -0.25) is 9.88 Å². The van der Waals surface area contributed by atoms with Crippen LogP contribution in [-0.4, -0.2) is 49.7 Å². The number of halogens is 1. The summed E-state index contributed by atoms with van der Waals surface area (Å²) in [6.07, 6.45) is 9.63. The van der Waals surface area contributed by atoms with Crippen LogP contribution in [0, 0.1) is 11.3 Å². The highest BCUT2D eigenvalue weighted by molar-refractivity contribution is 9.10. The summed E-state index contributed by atoms with van der Waals surface area (Å²) < 4.78 is 2.65. The molecule has 4 aromatic heterocycles. The van der Waals surface area contributed by atoms with Crippen molar-refractivity contribution in [2.75, 3.05) is 18.0 Å². The molecule has 2 atom stereocenters. The molecule has 0 aliphatic carbocycles. The van der Waals surface area contributed by atoms with Crippen LogP contribution in [0.5, 0.6) is 0 Å². The van der Waals surface area contributed by atoms with Gasteiger partial charge >= 0.3 is 0 Å². The monoisotopic (exact) mass is 513 g/mol. The van der Waals surface area contributed by atoms with Crippen molar-refractivity contribution < 1.29 is 0 Å².